The molecule has 0 bridgehead atoms. The van der Waals surface area contributed by atoms with Gasteiger partial charge in [-0.2, -0.15) is 5.10 Å². The Hall–Kier alpha value is -3.39. The van der Waals surface area contributed by atoms with E-state index in [4.69, 9.17) is 9.47 Å². The molecule has 0 saturated carbocycles. The average Bonchev–Trinajstić information content (AvgIpc) is 3.48. The fraction of sp³-hybridized carbons (Fsp3) is 0.423. The van der Waals surface area contributed by atoms with Crippen molar-refractivity contribution in [2.24, 2.45) is 5.92 Å². The van der Waals surface area contributed by atoms with Gasteiger partial charge in [-0.15, -0.1) is 0 Å². The second-order valence-electron chi connectivity index (χ2n) is 9.28. The number of carbonyl (C=O) groups excluding carboxylic acids is 2. The maximum atomic E-state index is 12.6. The van der Waals surface area contributed by atoms with Gasteiger partial charge in [-0.25, -0.2) is 4.79 Å². The predicted molar refractivity (Wildman–Crippen MR) is 127 cm³/mol. The molecule has 2 atom stereocenters. The zero-order valence-electron chi connectivity index (χ0n) is 19.2. The van der Waals surface area contributed by atoms with Gasteiger partial charge in [0.1, 0.15) is 12.7 Å². The first-order valence-electron chi connectivity index (χ1n) is 12.0. The largest absolute Gasteiger partial charge is 0.508 e. The van der Waals surface area contributed by atoms with E-state index in [9.17, 15) is 9.59 Å². The number of cyclic esters (lactones) is 2. The Bertz CT molecular complexity index is 1160. The van der Waals surface area contributed by atoms with Crippen LogP contribution in [-0.4, -0.2) is 59.5 Å². The molecule has 178 valence electrons. The summed E-state index contributed by atoms with van der Waals surface area (Å²) in [6.07, 6.45) is 5.00. The smallest absolute Gasteiger partial charge is 0.430 e. The number of benzene rings is 2. The molecule has 5 rings (SSSR count). The van der Waals surface area contributed by atoms with E-state index >= 15 is 0 Å². The van der Waals surface area contributed by atoms with Gasteiger partial charge in [0.2, 0.25) is 0 Å². The van der Waals surface area contributed by atoms with Gasteiger partial charge < -0.3 is 14.8 Å². The van der Waals surface area contributed by atoms with Crippen LogP contribution in [0.15, 0.2) is 48.7 Å². The summed E-state index contributed by atoms with van der Waals surface area (Å²) in [5.41, 5.74) is 4.23. The van der Waals surface area contributed by atoms with Crippen LogP contribution in [0.1, 0.15) is 40.7 Å². The van der Waals surface area contributed by atoms with Gasteiger partial charge >= 0.3 is 6.16 Å². The lowest BCUT2D eigenvalue weighted by molar-refractivity contribution is 0.0943. The van der Waals surface area contributed by atoms with Gasteiger partial charge in [0, 0.05) is 37.0 Å². The molecule has 0 radical (unpaired) electrons. The molecule has 34 heavy (non-hydrogen) atoms. The Morgan fingerprint density at radius 1 is 1.21 bits per heavy atom. The SMILES string of the molecule is O=C1OCC(CCNC(=O)c2cccc(CN3CCCC(Cc4ccc5[nH]ncc5c4)C3)c2)O1. The maximum Gasteiger partial charge on any atom is 0.508 e. The monoisotopic (exact) mass is 462 g/mol. The molecule has 3 heterocycles. The van der Waals surface area contributed by atoms with Crippen molar-refractivity contribution in [2.75, 3.05) is 26.2 Å². The van der Waals surface area contributed by atoms with E-state index in [2.05, 4.69) is 44.7 Å². The average molecular weight is 463 g/mol. The fourth-order valence-corrected chi connectivity index (χ4v) is 4.94. The number of likely N-dealkylation sites (tertiary alicyclic amines) is 1. The van der Waals surface area contributed by atoms with Crippen LogP contribution in [0.5, 0.6) is 0 Å². The van der Waals surface area contributed by atoms with Crippen LogP contribution in [0, 0.1) is 5.92 Å². The van der Waals surface area contributed by atoms with E-state index in [1.54, 1.807) is 0 Å². The lowest BCUT2D eigenvalue weighted by atomic mass is 9.90. The van der Waals surface area contributed by atoms with Crippen LogP contribution in [0.25, 0.3) is 10.9 Å². The van der Waals surface area contributed by atoms with Crippen LogP contribution in [0.2, 0.25) is 0 Å². The molecule has 0 aliphatic carbocycles. The minimum absolute atomic E-state index is 0.113. The third-order valence-corrected chi connectivity index (χ3v) is 6.63. The number of nitrogens with one attached hydrogen (secondary N) is 2. The molecule has 1 amide bonds. The van der Waals surface area contributed by atoms with Crippen LogP contribution < -0.4 is 5.32 Å². The highest BCUT2D eigenvalue weighted by Crippen LogP contribution is 2.24. The minimum atomic E-state index is -0.636. The summed E-state index contributed by atoms with van der Waals surface area (Å²) in [5, 5.41) is 11.2. The molecule has 2 N–H and O–H groups in total. The van der Waals surface area contributed by atoms with Gasteiger partial charge in [-0.3, -0.25) is 14.8 Å². The molecule has 2 unspecified atom stereocenters. The van der Waals surface area contributed by atoms with Crippen LogP contribution in [-0.2, 0) is 22.4 Å². The van der Waals surface area contributed by atoms with Crippen molar-refractivity contribution in [3.8, 4) is 0 Å². The zero-order valence-corrected chi connectivity index (χ0v) is 19.2. The number of ether oxygens (including phenoxy) is 2. The van der Waals surface area contributed by atoms with E-state index in [1.165, 1.54) is 18.4 Å². The molecule has 1 aromatic heterocycles. The highest BCUT2D eigenvalue weighted by Gasteiger charge is 2.24. The summed E-state index contributed by atoms with van der Waals surface area (Å²) >= 11 is 0. The third kappa shape index (κ3) is 5.56. The molecule has 2 saturated heterocycles. The van der Waals surface area contributed by atoms with Gasteiger partial charge in [0.25, 0.3) is 5.91 Å². The number of amides is 1. The fourth-order valence-electron chi connectivity index (χ4n) is 4.94. The molecular formula is C26H30N4O4. The summed E-state index contributed by atoms with van der Waals surface area (Å²) in [7, 11) is 0. The first-order chi connectivity index (χ1) is 16.6. The lowest BCUT2D eigenvalue weighted by Gasteiger charge is -2.33. The maximum absolute atomic E-state index is 12.6. The molecule has 2 aliphatic rings. The number of piperidine rings is 1. The van der Waals surface area contributed by atoms with Crippen LogP contribution in [0.3, 0.4) is 0 Å². The van der Waals surface area contributed by atoms with Crippen molar-refractivity contribution >= 4 is 23.0 Å². The number of carbonyl (C=O) groups is 2. The molecule has 3 aromatic rings. The van der Waals surface area contributed by atoms with Crippen molar-refractivity contribution in [3.63, 3.8) is 0 Å². The normalized spacial score (nSPS) is 20.8. The van der Waals surface area contributed by atoms with E-state index in [0.717, 1.165) is 42.5 Å². The Kier molecular flexibility index (Phi) is 6.76. The van der Waals surface area contributed by atoms with E-state index in [0.29, 0.717) is 24.4 Å². The van der Waals surface area contributed by atoms with Crippen molar-refractivity contribution in [2.45, 2.75) is 38.3 Å². The van der Waals surface area contributed by atoms with Gasteiger partial charge in [-0.1, -0.05) is 18.2 Å². The van der Waals surface area contributed by atoms with Gasteiger partial charge in [0.15, 0.2) is 0 Å². The molecule has 8 nitrogen and oxygen atoms in total. The molecule has 8 heteroatoms. The second kappa shape index (κ2) is 10.3. The minimum Gasteiger partial charge on any atom is -0.430 e. The van der Waals surface area contributed by atoms with Gasteiger partial charge in [0.05, 0.1) is 11.7 Å². The predicted octanol–water partition coefficient (Wildman–Crippen LogP) is 3.67. The number of nitrogens with zero attached hydrogens (tertiary/aromatic N) is 2. The van der Waals surface area contributed by atoms with Crippen molar-refractivity contribution < 1.29 is 19.1 Å². The first kappa shape index (κ1) is 22.4. The molecule has 0 spiro atoms. The molecule has 2 aliphatic heterocycles. The molecule has 2 fully saturated rings. The number of aromatic nitrogens is 2. The number of rotatable bonds is 8. The van der Waals surface area contributed by atoms with E-state index in [-0.39, 0.29) is 18.6 Å². The number of aromatic amines is 1. The van der Waals surface area contributed by atoms with E-state index < -0.39 is 6.16 Å². The number of hydrogen-bond acceptors (Lipinski definition) is 6. The summed E-state index contributed by atoms with van der Waals surface area (Å²) in [5.74, 6) is 0.511. The van der Waals surface area contributed by atoms with Gasteiger partial charge in [-0.05, 0) is 67.1 Å². The van der Waals surface area contributed by atoms with Crippen molar-refractivity contribution in [1.29, 1.82) is 0 Å². The highest BCUT2D eigenvalue weighted by atomic mass is 16.8. The standard InChI is InChI=1S/C26H30N4O4/c31-25(27-9-8-23-17-33-26(32)34-23)21-5-1-3-20(13-21)16-30-10-2-4-19(15-30)11-18-6-7-24-22(12-18)14-28-29-24/h1,3,5-7,12-14,19,23H,2,4,8-11,15-17H2,(H,27,31)(H,28,29). The highest BCUT2D eigenvalue weighted by molar-refractivity contribution is 5.94. The summed E-state index contributed by atoms with van der Waals surface area (Å²) in [6, 6.07) is 14.4. The Morgan fingerprint density at radius 2 is 2.15 bits per heavy atom. The Balaban J connectivity index is 1.13. The topological polar surface area (TPSA) is 96.6 Å². The molecular weight excluding hydrogens is 432 g/mol. The number of H-pyrrole nitrogens is 1. The quantitative estimate of drug-likeness (QED) is 0.496. The van der Waals surface area contributed by atoms with Crippen LogP contribution in [0.4, 0.5) is 4.79 Å². The summed E-state index contributed by atoms with van der Waals surface area (Å²) in [4.78, 5) is 26.1. The third-order valence-electron chi connectivity index (χ3n) is 6.63. The number of fused-ring (bicyclic) bond motifs is 1. The lowest BCUT2D eigenvalue weighted by Crippen LogP contribution is -2.35. The Labute approximate surface area is 198 Å². The van der Waals surface area contributed by atoms with Crippen molar-refractivity contribution in [3.05, 3.63) is 65.4 Å². The second-order valence-corrected chi connectivity index (χ2v) is 9.28. The van der Waals surface area contributed by atoms with Crippen molar-refractivity contribution in [1.82, 2.24) is 20.4 Å². The Morgan fingerprint density at radius 3 is 3.03 bits per heavy atom. The molecule has 2 aromatic carbocycles. The summed E-state index contributed by atoms with van der Waals surface area (Å²) < 4.78 is 9.76. The van der Waals surface area contributed by atoms with E-state index in [1.807, 2.05) is 24.4 Å². The zero-order chi connectivity index (χ0) is 23.3. The van der Waals surface area contributed by atoms with Crippen LogP contribution >= 0.6 is 0 Å². The first-order valence-corrected chi connectivity index (χ1v) is 12.0. The number of hydrogen-bond donors (Lipinski definition) is 2. The summed E-state index contributed by atoms with van der Waals surface area (Å²) in [6.45, 7) is 3.66.